The minimum Gasteiger partial charge on any atom is -0.409 e. The van der Waals surface area contributed by atoms with E-state index in [0.717, 1.165) is 5.01 Å². The van der Waals surface area contributed by atoms with Crippen molar-refractivity contribution in [2.75, 3.05) is 0 Å². The lowest BCUT2D eigenvalue weighted by Gasteiger charge is -2.11. The van der Waals surface area contributed by atoms with Crippen LogP contribution in [-0.4, -0.2) is 21.9 Å². The summed E-state index contributed by atoms with van der Waals surface area (Å²) in [6.07, 6.45) is 1.70. The van der Waals surface area contributed by atoms with Gasteiger partial charge in [0.15, 0.2) is 5.84 Å². The Bertz CT molecular complexity index is 608. The number of thiazole rings is 1. The molecule has 0 spiro atoms. The number of carbonyl (C=O) groups is 1. The summed E-state index contributed by atoms with van der Waals surface area (Å²) in [7, 11) is 0. The van der Waals surface area contributed by atoms with E-state index in [1.807, 2.05) is 12.3 Å². The number of nitrogens with two attached hydrogens (primary N) is 1. The highest BCUT2D eigenvalue weighted by Crippen LogP contribution is 2.15. The number of hydrogen-bond acceptors (Lipinski definition) is 5. The maximum Gasteiger partial charge on any atom is 0.251 e. The quantitative estimate of drug-likeness (QED) is 0.345. The largest absolute Gasteiger partial charge is 0.409 e. The monoisotopic (exact) mass is 290 g/mol. The van der Waals surface area contributed by atoms with Crippen LogP contribution >= 0.6 is 11.3 Å². The summed E-state index contributed by atoms with van der Waals surface area (Å²) < 4.78 is 0. The SMILES string of the molecule is CC(NC(=O)c1ccc(C(N)=NO)cc1)c1nccs1. The van der Waals surface area contributed by atoms with Gasteiger partial charge in [-0.15, -0.1) is 11.3 Å². The summed E-state index contributed by atoms with van der Waals surface area (Å²) in [5.74, 6) is -0.188. The van der Waals surface area contributed by atoms with Crippen LogP contribution in [-0.2, 0) is 0 Å². The van der Waals surface area contributed by atoms with Crippen LogP contribution in [0.2, 0.25) is 0 Å². The minimum absolute atomic E-state index is 0.00751. The maximum atomic E-state index is 12.1. The second-order valence-electron chi connectivity index (χ2n) is 4.13. The van der Waals surface area contributed by atoms with Gasteiger partial charge in [0.05, 0.1) is 6.04 Å². The number of nitrogens with one attached hydrogen (secondary N) is 1. The summed E-state index contributed by atoms with van der Waals surface area (Å²) in [5.41, 5.74) is 6.51. The first-order chi connectivity index (χ1) is 9.61. The Labute approximate surface area is 120 Å². The molecule has 6 nitrogen and oxygen atoms in total. The number of aromatic nitrogens is 1. The molecule has 0 saturated heterocycles. The molecule has 7 heteroatoms. The smallest absolute Gasteiger partial charge is 0.251 e. The average Bonchev–Trinajstić information content (AvgIpc) is 3.01. The highest BCUT2D eigenvalue weighted by Gasteiger charge is 2.13. The summed E-state index contributed by atoms with van der Waals surface area (Å²) in [5, 5.41) is 17.0. The zero-order valence-electron chi connectivity index (χ0n) is 10.8. The molecule has 104 valence electrons. The van der Waals surface area contributed by atoms with Crippen molar-refractivity contribution >= 4 is 23.1 Å². The standard InChI is InChI=1S/C13H14N4O2S/c1-8(13-15-6-7-20-13)16-12(18)10-4-2-9(3-5-10)11(14)17-19/h2-8,19H,1H3,(H2,14,17)(H,16,18). The summed E-state index contributed by atoms with van der Waals surface area (Å²) in [4.78, 5) is 16.2. The number of benzene rings is 1. The van der Waals surface area contributed by atoms with Crippen LogP contribution in [0.3, 0.4) is 0 Å². The van der Waals surface area contributed by atoms with Crippen molar-refractivity contribution in [2.45, 2.75) is 13.0 Å². The van der Waals surface area contributed by atoms with Crippen LogP contribution in [0.4, 0.5) is 0 Å². The van der Waals surface area contributed by atoms with Crippen molar-refractivity contribution < 1.29 is 10.0 Å². The van der Waals surface area contributed by atoms with Crippen molar-refractivity contribution in [3.05, 3.63) is 52.0 Å². The third-order valence-electron chi connectivity index (χ3n) is 2.72. The molecule has 2 aromatic rings. The van der Waals surface area contributed by atoms with E-state index in [0.29, 0.717) is 11.1 Å². The van der Waals surface area contributed by atoms with Crippen LogP contribution in [0.15, 0.2) is 41.0 Å². The van der Waals surface area contributed by atoms with Gasteiger partial charge in [0.2, 0.25) is 0 Å². The van der Waals surface area contributed by atoms with Crippen molar-refractivity contribution in [3.8, 4) is 0 Å². The van der Waals surface area contributed by atoms with Crippen LogP contribution in [0.5, 0.6) is 0 Å². The van der Waals surface area contributed by atoms with E-state index in [-0.39, 0.29) is 17.8 Å². The molecule has 1 heterocycles. The van der Waals surface area contributed by atoms with Crippen molar-refractivity contribution in [1.82, 2.24) is 10.3 Å². The molecule has 0 aliphatic rings. The molecule has 1 aromatic carbocycles. The molecule has 1 unspecified atom stereocenters. The molecule has 20 heavy (non-hydrogen) atoms. The van der Waals surface area contributed by atoms with E-state index < -0.39 is 0 Å². The first-order valence-corrected chi connectivity index (χ1v) is 6.78. The maximum absolute atomic E-state index is 12.1. The van der Waals surface area contributed by atoms with Gasteiger partial charge in [0.25, 0.3) is 5.91 Å². The Morgan fingerprint density at radius 1 is 1.40 bits per heavy atom. The average molecular weight is 290 g/mol. The van der Waals surface area contributed by atoms with Gasteiger partial charge in [-0.25, -0.2) is 4.98 Å². The fourth-order valence-electron chi connectivity index (χ4n) is 1.64. The molecule has 0 radical (unpaired) electrons. The number of oxime groups is 1. The summed E-state index contributed by atoms with van der Waals surface area (Å²) in [6, 6.07) is 6.34. The third kappa shape index (κ3) is 3.12. The van der Waals surface area contributed by atoms with Crippen LogP contribution in [0.1, 0.15) is 33.9 Å². The highest BCUT2D eigenvalue weighted by atomic mass is 32.1. The molecule has 1 amide bonds. The van der Waals surface area contributed by atoms with E-state index in [1.165, 1.54) is 11.3 Å². The molecule has 0 bridgehead atoms. The molecule has 0 aliphatic heterocycles. The molecule has 1 atom stereocenters. The Balaban J connectivity index is 2.06. The van der Waals surface area contributed by atoms with E-state index in [2.05, 4.69) is 15.5 Å². The van der Waals surface area contributed by atoms with Crippen molar-refractivity contribution in [2.24, 2.45) is 10.9 Å². The van der Waals surface area contributed by atoms with Gasteiger partial charge in [0, 0.05) is 22.7 Å². The van der Waals surface area contributed by atoms with Gasteiger partial charge >= 0.3 is 0 Å². The van der Waals surface area contributed by atoms with Crippen LogP contribution in [0, 0.1) is 0 Å². The lowest BCUT2D eigenvalue weighted by molar-refractivity contribution is 0.0940. The minimum atomic E-state index is -0.196. The number of amidine groups is 1. The normalized spacial score (nSPS) is 12.9. The lowest BCUT2D eigenvalue weighted by atomic mass is 10.1. The Hall–Kier alpha value is -2.41. The van der Waals surface area contributed by atoms with E-state index in [9.17, 15) is 4.79 Å². The predicted octanol–water partition coefficient (Wildman–Crippen LogP) is 1.73. The summed E-state index contributed by atoms with van der Waals surface area (Å²) in [6.45, 7) is 1.88. The zero-order chi connectivity index (χ0) is 14.5. The molecule has 4 N–H and O–H groups in total. The number of rotatable bonds is 4. The Morgan fingerprint density at radius 2 is 2.05 bits per heavy atom. The molecule has 0 fully saturated rings. The lowest BCUT2D eigenvalue weighted by Crippen LogP contribution is -2.26. The number of carbonyl (C=O) groups excluding carboxylic acids is 1. The van der Waals surface area contributed by atoms with E-state index in [1.54, 1.807) is 30.5 Å². The Morgan fingerprint density at radius 3 is 2.60 bits per heavy atom. The van der Waals surface area contributed by atoms with Crippen molar-refractivity contribution in [3.63, 3.8) is 0 Å². The molecule has 2 rings (SSSR count). The number of nitrogens with zero attached hydrogens (tertiary/aromatic N) is 2. The van der Waals surface area contributed by atoms with Crippen LogP contribution < -0.4 is 11.1 Å². The predicted molar refractivity (Wildman–Crippen MR) is 76.9 cm³/mol. The second kappa shape index (κ2) is 6.16. The summed E-state index contributed by atoms with van der Waals surface area (Å²) >= 11 is 1.49. The molecule has 0 aliphatic carbocycles. The van der Waals surface area contributed by atoms with Crippen LogP contribution in [0.25, 0.3) is 0 Å². The topological polar surface area (TPSA) is 101 Å². The molecule has 1 aromatic heterocycles. The van der Waals surface area contributed by atoms with Gasteiger partial charge in [-0.1, -0.05) is 17.3 Å². The number of amides is 1. The fourth-order valence-corrected chi connectivity index (χ4v) is 2.29. The van der Waals surface area contributed by atoms with Gasteiger partial charge in [0.1, 0.15) is 5.01 Å². The van der Waals surface area contributed by atoms with Crippen molar-refractivity contribution in [1.29, 1.82) is 0 Å². The second-order valence-corrected chi connectivity index (χ2v) is 5.05. The molecular weight excluding hydrogens is 276 g/mol. The van der Waals surface area contributed by atoms with Gasteiger partial charge in [-0.05, 0) is 19.1 Å². The Kier molecular flexibility index (Phi) is 4.31. The number of hydrogen-bond donors (Lipinski definition) is 3. The first kappa shape index (κ1) is 14.0. The third-order valence-corrected chi connectivity index (χ3v) is 3.68. The zero-order valence-corrected chi connectivity index (χ0v) is 11.6. The van der Waals surface area contributed by atoms with Gasteiger partial charge < -0.3 is 16.3 Å². The van der Waals surface area contributed by atoms with Gasteiger partial charge in [-0.2, -0.15) is 0 Å². The first-order valence-electron chi connectivity index (χ1n) is 5.90. The van der Waals surface area contributed by atoms with E-state index in [4.69, 9.17) is 10.9 Å². The van der Waals surface area contributed by atoms with E-state index >= 15 is 0 Å². The van der Waals surface area contributed by atoms with Gasteiger partial charge in [-0.3, -0.25) is 4.79 Å². The molecule has 0 saturated carbocycles. The molecular formula is C13H14N4O2S. The fraction of sp³-hybridized carbons (Fsp3) is 0.154. The highest BCUT2D eigenvalue weighted by molar-refractivity contribution is 7.09.